The van der Waals surface area contributed by atoms with Gasteiger partial charge in [-0.3, -0.25) is 0 Å². The van der Waals surface area contributed by atoms with E-state index in [0.29, 0.717) is 6.10 Å². The minimum absolute atomic E-state index is 0.134. The predicted molar refractivity (Wildman–Crippen MR) is 61.4 cm³/mol. The first-order valence-corrected chi connectivity index (χ1v) is 5.93. The van der Waals surface area contributed by atoms with E-state index in [1.54, 1.807) is 6.20 Å². The Morgan fingerprint density at radius 3 is 2.73 bits per heavy atom. The van der Waals surface area contributed by atoms with Gasteiger partial charge in [0.2, 0.25) is 0 Å². The Morgan fingerprint density at radius 1 is 1.40 bits per heavy atom. The number of aromatic nitrogens is 1. The molecule has 0 atom stereocenters. The fourth-order valence-electron chi connectivity index (χ4n) is 1.20. The molecule has 0 bridgehead atoms. The number of pyridine rings is 1. The number of rotatable bonds is 4. The zero-order valence-electron chi connectivity index (χ0n) is 8.87. The molecule has 1 aliphatic carbocycles. The van der Waals surface area contributed by atoms with Gasteiger partial charge in [-0.1, -0.05) is 0 Å². The summed E-state index contributed by atoms with van der Waals surface area (Å²) in [4.78, 5) is 4.13. The fourth-order valence-corrected chi connectivity index (χ4v) is 1.51. The summed E-state index contributed by atoms with van der Waals surface area (Å²) in [5.41, 5.74) is 0. The van der Waals surface area contributed by atoms with Crippen molar-refractivity contribution in [2.75, 3.05) is 0 Å². The average Bonchev–Trinajstić information content (AvgIpc) is 2.93. The van der Waals surface area contributed by atoms with Crippen LogP contribution in [-0.2, 0) is 0 Å². The summed E-state index contributed by atoms with van der Waals surface area (Å²) in [6, 6.07) is 1.86. The molecule has 1 heterocycles. The van der Waals surface area contributed by atoms with Gasteiger partial charge in [0, 0.05) is 6.07 Å². The van der Waals surface area contributed by atoms with Gasteiger partial charge in [0.15, 0.2) is 11.5 Å². The van der Waals surface area contributed by atoms with E-state index >= 15 is 0 Å². The van der Waals surface area contributed by atoms with Crippen LogP contribution in [0, 0.1) is 0 Å². The summed E-state index contributed by atoms with van der Waals surface area (Å²) in [6.45, 7) is 3.98. The molecule has 4 heteroatoms. The summed E-state index contributed by atoms with van der Waals surface area (Å²) in [5, 5.41) is 0. The van der Waals surface area contributed by atoms with E-state index in [1.165, 1.54) is 0 Å². The Bertz CT molecular complexity index is 350. The van der Waals surface area contributed by atoms with Crippen LogP contribution in [0.4, 0.5) is 0 Å². The number of ether oxygens (including phenoxy) is 2. The summed E-state index contributed by atoms with van der Waals surface area (Å²) < 4.78 is 12.1. The first-order chi connectivity index (χ1) is 7.15. The number of hydrogen-bond acceptors (Lipinski definition) is 3. The smallest absolute Gasteiger partial charge is 0.179 e. The van der Waals surface area contributed by atoms with E-state index in [4.69, 9.17) is 9.47 Å². The summed E-state index contributed by atoms with van der Waals surface area (Å²) in [7, 11) is 0. The summed E-state index contributed by atoms with van der Waals surface area (Å²) in [5.74, 6) is 1.51. The van der Waals surface area contributed by atoms with Crippen LogP contribution in [0.2, 0.25) is 0 Å². The Morgan fingerprint density at radius 2 is 2.13 bits per heavy atom. The van der Waals surface area contributed by atoms with Crippen molar-refractivity contribution in [1.82, 2.24) is 4.98 Å². The Hall–Kier alpha value is -0.770. The van der Waals surface area contributed by atoms with Gasteiger partial charge < -0.3 is 9.47 Å². The Balaban J connectivity index is 2.17. The van der Waals surface area contributed by atoms with Gasteiger partial charge in [-0.15, -0.1) is 0 Å². The molecule has 0 amide bonds. The van der Waals surface area contributed by atoms with Gasteiger partial charge in [-0.2, -0.15) is 0 Å². The minimum atomic E-state index is 0.134. The van der Waals surface area contributed by atoms with Crippen molar-refractivity contribution >= 4 is 15.9 Å². The molecule has 1 fully saturated rings. The third-order valence-electron chi connectivity index (χ3n) is 1.98. The highest BCUT2D eigenvalue weighted by Gasteiger charge is 2.25. The lowest BCUT2D eigenvalue weighted by Gasteiger charge is -2.14. The van der Waals surface area contributed by atoms with Crippen LogP contribution in [0.1, 0.15) is 26.7 Å². The number of hydrogen-bond donors (Lipinski definition) is 0. The molecule has 1 aromatic rings. The molecular formula is C11H14BrNO2. The number of halogens is 1. The molecule has 1 saturated carbocycles. The Kier molecular flexibility index (Phi) is 3.14. The van der Waals surface area contributed by atoms with Gasteiger partial charge >= 0.3 is 0 Å². The molecule has 0 aromatic carbocycles. The lowest BCUT2D eigenvalue weighted by Crippen LogP contribution is -2.08. The molecule has 0 aliphatic heterocycles. The van der Waals surface area contributed by atoms with Crippen LogP contribution in [0.3, 0.4) is 0 Å². The highest BCUT2D eigenvalue weighted by molar-refractivity contribution is 9.10. The third-order valence-corrected chi connectivity index (χ3v) is 2.41. The van der Waals surface area contributed by atoms with Crippen LogP contribution in [0.25, 0.3) is 0 Å². The normalized spacial score (nSPS) is 15.5. The highest BCUT2D eigenvalue weighted by atomic mass is 79.9. The Labute approximate surface area is 97.9 Å². The van der Waals surface area contributed by atoms with Gasteiger partial charge in [0.05, 0.1) is 18.4 Å². The maximum atomic E-state index is 5.74. The van der Waals surface area contributed by atoms with Gasteiger partial charge in [0.1, 0.15) is 4.60 Å². The molecule has 0 spiro atoms. The minimum Gasteiger partial charge on any atom is -0.486 e. The first-order valence-electron chi connectivity index (χ1n) is 5.14. The quantitative estimate of drug-likeness (QED) is 0.789. The van der Waals surface area contributed by atoms with Crippen LogP contribution in [-0.4, -0.2) is 17.2 Å². The van der Waals surface area contributed by atoms with Gasteiger partial charge in [-0.05, 0) is 42.6 Å². The molecule has 1 aromatic heterocycles. The van der Waals surface area contributed by atoms with Gasteiger partial charge in [-0.25, -0.2) is 4.98 Å². The van der Waals surface area contributed by atoms with E-state index < -0.39 is 0 Å². The SMILES string of the molecule is CC(C)Oc1cnc(Br)cc1OC1CC1. The molecule has 82 valence electrons. The standard InChI is InChI=1S/C11H14BrNO2/c1-7(2)14-10-6-13-11(12)5-9(10)15-8-3-4-8/h5-8H,3-4H2,1-2H3. The van der Waals surface area contributed by atoms with Crippen LogP contribution in [0.15, 0.2) is 16.9 Å². The fraction of sp³-hybridized carbons (Fsp3) is 0.545. The molecule has 2 rings (SSSR count). The third kappa shape index (κ3) is 3.09. The molecule has 0 unspecified atom stereocenters. The van der Waals surface area contributed by atoms with Crippen molar-refractivity contribution in [3.05, 3.63) is 16.9 Å². The molecule has 0 N–H and O–H groups in total. The molecule has 15 heavy (non-hydrogen) atoms. The molecule has 0 radical (unpaired) electrons. The van der Waals surface area contributed by atoms with Crippen molar-refractivity contribution in [3.63, 3.8) is 0 Å². The maximum absolute atomic E-state index is 5.74. The second-order valence-electron chi connectivity index (χ2n) is 3.94. The number of nitrogens with zero attached hydrogens (tertiary/aromatic N) is 1. The van der Waals surface area contributed by atoms with E-state index in [2.05, 4.69) is 20.9 Å². The van der Waals surface area contributed by atoms with Crippen molar-refractivity contribution in [3.8, 4) is 11.5 Å². The predicted octanol–water partition coefficient (Wildman–Crippen LogP) is 3.17. The zero-order valence-corrected chi connectivity index (χ0v) is 10.5. The topological polar surface area (TPSA) is 31.4 Å². The zero-order chi connectivity index (χ0) is 10.8. The highest BCUT2D eigenvalue weighted by Crippen LogP contribution is 2.34. The van der Waals surface area contributed by atoms with Gasteiger partial charge in [0.25, 0.3) is 0 Å². The molecule has 0 saturated heterocycles. The largest absolute Gasteiger partial charge is 0.486 e. The lowest BCUT2D eigenvalue weighted by atomic mass is 10.4. The van der Waals surface area contributed by atoms with E-state index in [9.17, 15) is 0 Å². The molecule has 1 aliphatic rings. The summed E-state index contributed by atoms with van der Waals surface area (Å²) in [6.07, 6.45) is 4.48. The maximum Gasteiger partial charge on any atom is 0.179 e. The van der Waals surface area contributed by atoms with Crippen molar-refractivity contribution in [1.29, 1.82) is 0 Å². The molecular weight excluding hydrogens is 258 g/mol. The lowest BCUT2D eigenvalue weighted by molar-refractivity contribution is 0.216. The second-order valence-corrected chi connectivity index (χ2v) is 4.75. The monoisotopic (exact) mass is 271 g/mol. The van der Waals surface area contributed by atoms with Crippen LogP contribution >= 0.6 is 15.9 Å². The first kappa shape index (κ1) is 10.7. The van der Waals surface area contributed by atoms with Crippen molar-refractivity contribution < 1.29 is 9.47 Å². The van der Waals surface area contributed by atoms with Crippen LogP contribution < -0.4 is 9.47 Å². The van der Waals surface area contributed by atoms with E-state index in [1.807, 2.05) is 19.9 Å². The average molecular weight is 272 g/mol. The summed E-state index contributed by atoms with van der Waals surface area (Å²) >= 11 is 3.33. The van der Waals surface area contributed by atoms with Crippen LogP contribution in [0.5, 0.6) is 11.5 Å². The molecule has 3 nitrogen and oxygen atoms in total. The van der Waals surface area contributed by atoms with E-state index in [-0.39, 0.29) is 6.10 Å². The van der Waals surface area contributed by atoms with Crippen molar-refractivity contribution in [2.45, 2.75) is 38.9 Å². The second kappa shape index (κ2) is 4.39. The van der Waals surface area contributed by atoms with Crippen molar-refractivity contribution in [2.24, 2.45) is 0 Å². The van der Waals surface area contributed by atoms with E-state index in [0.717, 1.165) is 28.9 Å².